The Morgan fingerprint density at radius 2 is 1.61 bits per heavy atom. The number of carboxylic acid groups (broad SMARTS) is 1. The molecule has 7 nitrogen and oxygen atoms in total. The lowest BCUT2D eigenvalue weighted by molar-refractivity contribution is -0.115. The third-order valence-electron chi connectivity index (χ3n) is 4.72. The maximum absolute atomic E-state index is 13.0. The first-order chi connectivity index (χ1) is 17.0. The standard InChI is InChI=1S/C23H16Cl5N3O4S/c1-2-13(21(32)31-14-7-6-10(24)9-29-14)36-12-5-3-4-11(8-12)30-22(33)15-16(23(34)35)18(26)20(28)19(27)17(15)25/h3-9,13H,2H2,1H3,(H,30,33)(H,34,35)(H,29,31,32). The van der Waals surface area contributed by atoms with Gasteiger partial charge in [-0.15, -0.1) is 11.8 Å². The summed E-state index contributed by atoms with van der Waals surface area (Å²) in [6, 6.07) is 9.88. The molecule has 0 fully saturated rings. The number of aromatic nitrogens is 1. The lowest BCUT2D eigenvalue weighted by Crippen LogP contribution is -2.25. The Balaban J connectivity index is 1.81. The van der Waals surface area contributed by atoms with Crippen LogP contribution in [0, 0.1) is 0 Å². The highest BCUT2D eigenvalue weighted by atomic mass is 35.5. The van der Waals surface area contributed by atoms with Crippen LogP contribution < -0.4 is 10.6 Å². The van der Waals surface area contributed by atoms with E-state index in [-0.39, 0.29) is 21.0 Å². The zero-order valence-corrected chi connectivity index (χ0v) is 22.8. The molecule has 0 aliphatic rings. The first-order valence-electron chi connectivity index (χ1n) is 10.1. The summed E-state index contributed by atoms with van der Waals surface area (Å²) in [5.41, 5.74) is -0.672. The smallest absolute Gasteiger partial charge is 0.338 e. The van der Waals surface area contributed by atoms with E-state index < -0.39 is 33.3 Å². The molecule has 1 aromatic heterocycles. The fourth-order valence-corrected chi connectivity index (χ4v) is 5.17. The second-order valence-corrected chi connectivity index (χ2v) is 10.4. The zero-order chi connectivity index (χ0) is 26.6. The molecule has 0 aliphatic carbocycles. The van der Waals surface area contributed by atoms with Gasteiger partial charge in [0.15, 0.2) is 0 Å². The molecule has 188 valence electrons. The van der Waals surface area contributed by atoms with E-state index in [2.05, 4.69) is 15.6 Å². The average Bonchev–Trinajstić information content (AvgIpc) is 2.84. The Morgan fingerprint density at radius 1 is 0.944 bits per heavy atom. The minimum absolute atomic E-state index is 0.241. The number of hydrogen-bond donors (Lipinski definition) is 3. The molecule has 1 heterocycles. The molecule has 13 heteroatoms. The molecule has 0 spiro atoms. The van der Waals surface area contributed by atoms with Crippen LogP contribution in [-0.4, -0.2) is 33.1 Å². The molecule has 1 unspecified atom stereocenters. The van der Waals surface area contributed by atoms with Crippen molar-refractivity contribution < 1.29 is 19.5 Å². The monoisotopic (exact) mass is 605 g/mol. The molecule has 0 aliphatic heterocycles. The summed E-state index contributed by atoms with van der Waals surface area (Å²) in [7, 11) is 0. The van der Waals surface area contributed by atoms with Crippen molar-refractivity contribution in [3.05, 3.63) is 78.8 Å². The summed E-state index contributed by atoms with van der Waals surface area (Å²) in [5, 5.41) is 13.6. The number of rotatable bonds is 8. The molecule has 3 aromatic rings. The molecule has 2 aromatic carbocycles. The number of hydrogen-bond acceptors (Lipinski definition) is 5. The minimum atomic E-state index is -1.50. The molecule has 0 bridgehead atoms. The predicted octanol–water partition coefficient (Wildman–Crippen LogP) is 7.81. The third-order valence-corrected chi connectivity index (χ3v) is 8.10. The number of halogens is 5. The van der Waals surface area contributed by atoms with Crippen molar-refractivity contribution in [3.8, 4) is 0 Å². The number of amides is 2. The predicted molar refractivity (Wildman–Crippen MR) is 146 cm³/mol. The van der Waals surface area contributed by atoms with Crippen LogP contribution >= 0.6 is 69.8 Å². The quantitative estimate of drug-likeness (QED) is 0.137. The fourth-order valence-electron chi connectivity index (χ4n) is 3.03. The maximum atomic E-state index is 13.0. The van der Waals surface area contributed by atoms with Crippen LogP contribution in [0.5, 0.6) is 0 Å². The number of benzene rings is 2. The van der Waals surface area contributed by atoms with Crippen LogP contribution in [0.15, 0.2) is 47.5 Å². The van der Waals surface area contributed by atoms with Crippen LogP contribution in [0.2, 0.25) is 25.1 Å². The van der Waals surface area contributed by atoms with Crippen molar-refractivity contribution in [3.63, 3.8) is 0 Å². The summed E-state index contributed by atoms with van der Waals surface area (Å²) in [5.74, 6) is -2.23. The van der Waals surface area contributed by atoms with E-state index in [1.807, 2.05) is 6.92 Å². The summed E-state index contributed by atoms with van der Waals surface area (Å²) >= 11 is 31.3. The van der Waals surface area contributed by atoms with Gasteiger partial charge in [-0.25, -0.2) is 9.78 Å². The second kappa shape index (κ2) is 12.4. The third kappa shape index (κ3) is 6.56. The minimum Gasteiger partial charge on any atom is -0.478 e. The molecule has 0 saturated carbocycles. The summed E-state index contributed by atoms with van der Waals surface area (Å²) in [6.45, 7) is 1.86. The number of aromatic carboxylic acids is 1. The number of carbonyl (C=O) groups excluding carboxylic acids is 2. The van der Waals surface area contributed by atoms with Crippen LogP contribution in [0.25, 0.3) is 0 Å². The van der Waals surface area contributed by atoms with Crippen molar-refractivity contribution in [2.75, 3.05) is 10.6 Å². The number of nitrogens with zero attached hydrogens (tertiary/aromatic N) is 1. The van der Waals surface area contributed by atoms with Crippen LogP contribution in [-0.2, 0) is 4.79 Å². The highest BCUT2D eigenvalue weighted by Gasteiger charge is 2.29. The first-order valence-corrected chi connectivity index (χ1v) is 12.9. The number of anilines is 2. The Morgan fingerprint density at radius 3 is 2.19 bits per heavy atom. The molecule has 3 N–H and O–H groups in total. The van der Waals surface area contributed by atoms with Gasteiger partial charge in [-0.2, -0.15) is 0 Å². The molecule has 2 amide bonds. The van der Waals surface area contributed by atoms with Crippen LogP contribution in [0.4, 0.5) is 11.5 Å². The zero-order valence-electron chi connectivity index (χ0n) is 18.2. The molecular weight excluding hydrogens is 592 g/mol. The Kier molecular flexibility index (Phi) is 9.74. The molecule has 1 atom stereocenters. The van der Waals surface area contributed by atoms with E-state index >= 15 is 0 Å². The number of pyridine rings is 1. The lowest BCUT2D eigenvalue weighted by Gasteiger charge is -2.16. The van der Waals surface area contributed by atoms with Gasteiger partial charge >= 0.3 is 5.97 Å². The van der Waals surface area contributed by atoms with Gasteiger partial charge in [0.1, 0.15) is 5.82 Å². The maximum Gasteiger partial charge on any atom is 0.338 e. The normalized spacial score (nSPS) is 11.6. The van der Waals surface area contributed by atoms with E-state index in [0.717, 1.165) is 0 Å². The summed E-state index contributed by atoms with van der Waals surface area (Å²) in [4.78, 5) is 42.2. The van der Waals surface area contributed by atoms with Gasteiger partial charge in [-0.1, -0.05) is 71.0 Å². The van der Waals surface area contributed by atoms with Gasteiger partial charge in [-0.3, -0.25) is 9.59 Å². The average molecular weight is 608 g/mol. The highest BCUT2D eigenvalue weighted by molar-refractivity contribution is 8.00. The topological polar surface area (TPSA) is 108 Å². The Bertz CT molecular complexity index is 1340. The number of carboxylic acids is 1. The number of thioether (sulfide) groups is 1. The van der Waals surface area contributed by atoms with Gasteiger partial charge in [0, 0.05) is 16.8 Å². The van der Waals surface area contributed by atoms with E-state index in [9.17, 15) is 19.5 Å². The van der Waals surface area contributed by atoms with Crippen molar-refractivity contribution >= 4 is 99.1 Å². The van der Waals surface area contributed by atoms with E-state index in [0.29, 0.717) is 27.8 Å². The molecule has 3 rings (SSSR count). The van der Waals surface area contributed by atoms with Crippen LogP contribution in [0.3, 0.4) is 0 Å². The first kappa shape index (κ1) is 28.4. The van der Waals surface area contributed by atoms with Crippen LogP contribution in [0.1, 0.15) is 34.1 Å². The van der Waals surface area contributed by atoms with E-state index in [4.69, 9.17) is 58.0 Å². The fraction of sp³-hybridized carbons (Fsp3) is 0.130. The summed E-state index contributed by atoms with van der Waals surface area (Å²) < 4.78 is 0. The van der Waals surface area contributed by atoms with Gasteiger partial charge in [0.05, 0.1) is 41.5 Å². The molecule has 36 heavy (non-hydrogen) atoms. The van der Waals surface area contributed by atoms with Crippen molar-refractivity contribution in [2.45, 2.75) is 23.5 Å². The van der Waals surface area contributed by atoms with Crippen molar-refractivity contribution in [2.24, 2.45) is 0 Å². The van der Waals surface area contributed by atoms with E-state index in [1.54, 1.807) is 36.4 Å². The highest BCUT2D eigenvalue weighted by Crippen LogP contribution is 2.42. The van der Waals surface area contributed by atoms with Gasteiger partial charge < -0.3 is 15.7 Å². The second-order valence-electron chi connectivity index (χ2n) is 7.16. The Hall–Kier alpha value is -2.20. The molecule has 0 saturated heterocycles. The largest absolute Gasteiger partial charge is 0.478 e. The lowest BCUT2D eigenvalue weighted by atomic mass is 10.1. The number of carbonyl (C=O) groups is 3. The van der Waals surface area contributed by atoms with E-state index in [1.165, 1.54) is 18.0 Å². The molecular formula is C23H16Cl5N3O4S. The summed E-state index contributed by atoms with van der Waals surface area (Å²) in [6.07, 6.45) is 1.94. The molecule has 0 radical (unpaired) electrons. The van der Waals surface area contributed by atoms with Gasteiger partial charge in [-0.05, 0) is 36.8 Å². The SMILES string of the molecule is CCC(Sc1cccc(NC(=O)c2c(Cl)c(Cl)c(Cl)c(Cl)c2C(=O)O)c1)C(=O)Nc1ccc(Cl)cn1. The number of nitrogens with one attached hydrogen (secondary N) is 2. The van der Waals surface area contributed by atoms with Crippen molar-refractivity contribution in [1.82, 2.24) is 4.98 Å². The van der Waals surface area contributed by atoms with Gasteiger partial charge in [0.2, 0.25) is 5.91 Å². The Labute approximate surface area is 235 Å². The van der Waals surface area contributed by atoms with Crippen molar-refractivity contribution in [1.29, 1.82) is 0 Å². The van der Waals surface area contributed by atoms with Gasteiger partial charge in [0.25, 0.3) is 5.91 Å².